The molecular formula is C12H13Cl2N3O2S. The standard InChI is InChI=1S/C12H13Cl2N3O2S/c1-19-3-2-15-11(18)6-17-10-5-8(14)7(13)4-9(10)16-12(17)20/h4-5H,2-3,6H2,1H3,(H,15,18)(H,16,20). The number of aromatic amines is 1. The molecule has 0 atom stereocenters. The number of methoxy groups -OCH3 is 1. The van der Waals surface area contributed by atoms with Crippen LogP contribution in [0, 0.1) is 4.77 Å². The Kier molecular flexibility index (Phi) is 5.04. The fourth-order valence-electron chi connectivity index (χ4n) is 1.80. The van der Waals surface area contributed by atoms with Gasteiger partial charge in [0.2, 0.25) is 5.91 Å². The first-order valence-electron chi connectivity index (χ1n) is 5.86. The highest BCUT2D eigenvalue weighted by atomic mass is 35.5. The third kappa shape index (κ3) is 3.32. The molecule has 0 unspecified atom stereocenters. The summed E-state index contributed by atoms with van der Waals surface area (Å²) in [6, 6.07) is 3.38. The van der Waals surface area contributed by atoms with Gasteiger partial charge in [-0.25, -0.2) is 0 Å². The first-order valence-corrected chi connectivity index (χ1v) is 7.02. The van der Waals surface area contributed by atoms with Crippen LogP contribution in [0.4, 0.5) is 0 Å². The number of carbonyl (C=O) groups excluding carboxylic acids is 1. The van der Waals surface area contributed by atoms with Gasteiger partial charge < -0.3 is 19.6 Å². The van der Waals surface area contributed by atoms with Gasteiger partial charge in [0.15, 0.2) is 4.77 Å². The van der Waals surface area contributed by atoms with Crippen molar-refractivity contribution in [3.63, 3.8) is 0 Å². The molecule has 0 aliphatic carbocycles. The molecule has 0 radical (unpaired) electrons. The lowest BCUT2D eigenvalue weighted by Gasteiger charge is -2.06. The number of halogens is 2. The lowest BCUT2D eigenvalue weighted by molar-refractivity contribution is -0.121. The summed E-state index contributed by atoms with van der Waals surface area (Å²) in [5, 5.41) is 3.59. The van der Waals surface area contributed by atoms with Crippen molar-refractivity contribution in [1.82, 2.24) is 14.9 Å². The molecule has 0 aliphatic rings. The third-order valence-electron chi connectivity index (χ3n) is 2.75. The summed E-state index contributed by atoms with van der Waals surface area (Å²) in [6.45, 7) is 1.03. The first kappa shape index (κ1) is 15.3. The van der Waals surface area contributed by atoms with Crippen molar-refractivity contribution >= 4 is 52.4 Å². The van der Waals surface area contributed by atoms with Crippen LogP contribution in [0.25, 0.3) is 11.0 Å². The van der Waals surface area contributed by atoms with E-state index in [2.05, 4.69) is 10.3 Å². The van der Waals surface area contributed by atoms with Gasteiger partial charge in [-0.2, -0.15) is 0 Å². The maximum absolute atomic E-state index is 11.8. The normalized spacial score (nSPS) is 10.9. The molecule has 8 heteroatoms. The summed E-state index contributed by atoms with van der Waals surface area (Å²) >= 11 is 17.2. The van der Waals surface area contributed by atoms with Crippen LogP contribution in [-0.4, -0.2) is 35.7 Å². The topological polar surface area (TPSA) is 59.0 Å². The second-order valence-electron chi connectivity index (χ2n) is 4.14. The fraction of sp³-hybridized carbons (Fsp3) is 0.333. The van der Waals surface area contributed by atoms with Crippen LogP contribution in [0.3, 0.4) is 0 Å². The Balaban J connectivity index is 2.25. The second-order valence-corrected chi connectivity index (χ2v) is 5.34. The number of nitrogens with zero attached hydrogens (tertiary/aromatic N) is 1. The van der Waals surface area contributed by atoms with Crippen LogP contribution in [0.15, 0.2) is 12.1 Å². The van der Waals surface area contributed by atoms with Gasteiger partial charge in [0, 0.05) is 13.7 Å². The summed E-state index contributed by atoms with van der Waals surface area (Å²) in [6.07, 6.45) is 0. The molecule has 1 aromatic carbocycles. The molecule has 5 nitrogen and oxygen atoms in total. The van der Waals surface area contributed by atoms with Gasteiger partial charge in [-0.15, -0.1) is 0 Å². The largest absolute Gasteiger partial charge is 0.383 e. The molecule has 0 spiro atoms. The molecule has 1 amide bonds. The van der Waals surface area contributed by atoms with E-state index in [1.165, 1.54) is 0 Å². The maximum atomic E-state index is 11.8. The van der Waals surface area contributed by atoms with Gasteiger partial charge in [-0.05, 0) is 24.4 Å². The highest BCUT2D eigenvalue weighted by molar-refractivity contribution is 7.71. The summed E-state index contributed by atoms with van der Waals surface area (Å²) < 4.78 is 6.99. The summed E-state index contributed by atoms with van der Waals surface area (Å²) in [5.74, 6) is -0.148. The highest BCUT2D eigenvalue weighted by Crippen LogP contribution is 2.27. The Bertz CT molecular complexity index is 696. The van der Waals surface area contributed by atoms with E-state index in [0.29, 0.717) is 28.0 Å². The minimum Gasteiger partial charge on any atom is -0.383 e. The van der Waals surface area contributed by atoms with Gasteiger partial charge in [-0.3, -0.25) is 4.79 Å². The van der Waals surface area contributed by atoms with Crippen molar-refractivity contribution in [2.24, 2.45) is 0 Å². The molecule has 20 heavy (non-hydrogen) atoms. The van der Waals surface area contributed by atoms with Crippen molar-refractivity contribution in [1.29, 1.82) is 0 Å². The quantitative estimate of drug-likeness (QED) is 0.653. The Morgan fingerprint density at radius 1 is 1.45 bits per heavy atom. The lowest BCUT2D eigenvalue weighted by atomic mass is 10.3. The van der Waals surface area contributed by atoms with Crippen molar-refractivity contribution in [3.8, 4) is 0 Å². The number of fused-ring (bicyclic) bond motifs is 1. The molecule has 1 heterocycles. The van der Waals surface area contributed by atoms with E-state index in [1.807, 2.05) is 0 Å². The van der Waals surface area contributed by atoms with Crippen LogP contribution >= 0.6 is 35.4 Å². The average Bonchev–Trinajstić information content (AvgIpc) is 2.67. The number of rotatable bonds is 5. The number of ether oxygens (including phenoxy) is 1. The van der Waals surface area contributed by atoms with Gasteiger partial charge >= 0.3 is 0 Å². The zero-order valence-corrected chi connectivity index (χ0v) is 13.0. The number of H-pyrrole nitrogens is 1. The number of hydrogen-bond acceptors (Lipinski definition) is 3. The molecule has 0 saturated carbocycles. The highest BCUT2D eigenvalue weighted by Gasteiger charge is 2.11. The third-order valence-corrected chi connectivity index (χ3v) is 3.79. The first-order chi connectivity index (χ1) is 9.52. The van der Waals surface area contributed by atoms with E-state index >= 15 is 0 Å². The Morgan fingerprint density at radius 2 is 2.15 bits per heavy atom. The zero-order chi connectivity index (χ0) is 14.7. The Morgan fingerprint density at radius 3 is 2.85 bits per heavy atom. The monoisotopic (exact) mass is 333 g/mol. The SMILES string of the molecule is COCCNC(=O)Cn1c(=S)[nH]c2cc(Cl)c(Cl)cc21. The molecule has 0 aliphatic heterocycles. The fourth-order valence-corrected chi connectivity index (χ4v) is 2.40. The molecule has 1 aromatic heterocycles. The average molecular weight is 334 g/mol. The van der Waals surface area contributed by atoms with Gasteiger partial charge in [0.25, 0.3) is 0 Å². The molecule has 0 fully saturated rings. The summed E-state index contributed by atoms with van der Waals surface area (Å²) in [7, 11) is 1.58. The van der Waals surface area contributed by atoms with Crippen molar-refractivity contribution in [3.05, 3.63) is 26.9 Å². The van der Waals surface area contributed by atoms with Crippen molar-refractivity contribution < 1.29 is 9.53 Å². The summed E-state index contributed by atoms with van der Waals surface area (Å²) in [5.41, 5.74) is 1.49. The van der Waals surface area contributed by atoms with E-state index in [9.17, 15) is 4.79 Å². The number of imidazole rings is 1. The zero-order valence-electron chi connectivity index (χ0n) is 10.7. The van der Waals surface area contributed by atoms with Crippen LogP contribution in [0.5, 0.6) is 0 Å². The Hall–Kier alpha value is -1.08. The van der Waals surface area contributed by atoms with Crippen LogP contribution < -0.4 is 5.32 Å². The maximum Gasteiger partial charge on any atom is 0.240 e. The minimum atomic E-state index is -0.148. The van der Waals surface area contributed by atoms with Crippen LogP contribution in [0.1, 0.15) is 0 Å². The van der Waals surface area contributed by atoms with Crippen LogP contribution in [-0.2, 0) is 16.1 Å². The van der Waals surface area contributed by atoms with Crippen LogP contribution in [0.2, 0.25) is 10.0 Å². The second kappa shape index (κ2) is 6.58. The molecule has 2 rings (SSSR count). The van der Waals surface area contributed by atoms with E-state index in [0.717, 1.165) is 11.0 Å². The predicted octanol–water partition coefficient (Wildman–Crippen LogP) is 2.77. The molecular weight excluding hydrogens is 321 g/mol. The number of hydrogen-bond donors (Lipinski definition) is 2. The minimum absolute atomic E-state index is 0.112. The van der Waals surface area contributed by atoms with Crippen molar-refractivity contribution in [2.45, 2.75) is 6.54 Å². The number of carbonyl (C=O) groups is 1. The van der Waals surface area contributed by atoms with Gasteiger partial charge in [0.05, 0.1) is 27.7 Å². The van der Waals surface area contributed by atoms with Gasteiger partial charge in [-0.1, -0.05) is 23.2 Å². The van der Waals surface area contributed by atoms with E-state index in [-0.39, 0.29) is 12.5 Å². The predicted molar refractivity (Wildman–Crippen MR) is 82.0 cm³/mol. The molecule has 2 N–H and O–H groups in total. The molecule has 0 bridgehead atoms. The molecule has 2 aromatic rings. The number of nitrogens with one attached hydrogen (secondary N) is 2. The molecule has 0 saturated heterocycles. The smallest absolute Gasteiger partial charge is 0.240 e. The molecule has 108 valence electrons. The lowest BCUT2D eigenvalue weighted by Crippen LogP contribution is -2.30. The number of amides is 1. The Labute approximate surface area is 130 Å². The van der Waals surface area contributed by atoms with E-state index in [1.54, 1.807) is 23.8 Å². The van der Waals surface area contributed by atoms with Gasteiger partial charge in [0.1, 0.15) is 6.54 Å². The van der Waals surface area contributed by atoms with Crippen molar-refractivity contribution in [2.75, 3.05) is 20.3 Å². The number of aromatic nitrogens is 2. The van der Waals surface area contributed by atoms with E-state index in [4.69, 9.17) is 40.2 Å². The number of benzene rings is 1. The summed E-state index contributed by atoms with van der Waals surface area (Å²) in [4.78, 5) is 14.8. The van der Waals surface area contributed by atoms with E-state index < -0.39 is 0 Å².